The zero-order valence-corrected chi connectivity index (χ0v) is 15.7. The van der Waals surface area contributed by atoms with E-state index >= 15 is 0 Å². The molecule has 0 atom stereocenters. The van der Waals surface area contributed by atoms with Crippen LogP contribution in [-0.2, 0) is 34.5 Å². The predicted octanol–water partition coefficient (Wildman–Crippen LogP) is 1.74. The van der Waals surface area contributed by atoms with Crippen LogP contribution in [0.1, 0.15) is 30.7 Å². The van der Waals surface area contributed by atoms with Crippen LogP contribution in [0.3, 0.4) is 0 Å². The highest BCUT2D eigenvalue weighted by molar-refractivity contribution is 7.89. The monoisotopic (exact) mass is 392 g/mol. The SMILES string of the molecule is O=C1CCCN1Cc1ncn2c1CN(S(=O)(=O)c1cccc(F)c1)CCC2. The van der Waals surface area contributed by atoms with Crippen molar-refractivity contribution in [2.24, 2.45) is 0 Å². The molecule has 3 heterocycles. The number of imidazole rings is 1. The molecule has 0 aliphatic carbocycles. The first-order valence-electron chi connectivity index (χ1n) is 9.01. The van der Waals surface area contributed by atoms with Crippen molar-refractivity contribution in [2.45, 2.75) is 43.8 Å². The maximum absolute atomic E-state index is 13.5. The van der Waals surface area contributed by atoms with E-state index in [1.165, 1.54) is 22.5 Å². The lowest BCUT2D eigenvalue weighted by Crippen LogP contribution is -2.32. The van der Waals surface area contributed by atoms with E-state index in [2.05, 4.69) is 4.98 Å². The Kier molecular flexibility index (Phi) is 4.73. The van der Waals surface area contributed by atoms with Crippen LogP contribution < -0.4 is 0 Å². The van der Waals surface area contributed by atoms with Gasteiger partial charge in [-0.05, 0) is 31.0 Å². The van der Waals surface area contributed by atoms with Gasteiger partial charge in [0.1, 0.15) is 5.82 Å². The van der Waals surface area contributed by atoms with Gasteiger partial charge in [0.15, 0.2) is 0 Å². The molecule has 0 radical (unpaired) electrons. The second kappa shape index (κ2) is 7.05. The second-order valence-corrected chi connectivity index (χ2v) is 8.84. The first-order valence-corrected chi connectivity index (χ1v) is 10.5. The predicted molar refractivity (Wildman–Crippen MR) is 95.5 cm³/mol. The van der Waals surface area contributed by atoms with Crippen LogP contribution in [0.5, 0.6) is 0 Å². The fourth-order valence-electron chi connectivity index (χ4n) is 3.65. The molecule has 7 nitrogen and oxygen atoms in total. The largest absolute Gasteiger partial charge is 0.337 e. The summed E-state index contributed by atoms with van der Waals surface area (Å²) in [4.78, 5) is 18.1. The van der Waals surface area contributed by atoms with Crippen molar-refractivity contribution in [2.75, 3.05) is 13.1 Å². The van der Waals surface area contributed by atoms with Crippen LogP contribution in [0.4, 0.5) is 4.39 Å². The Labute approximate surface area is 157 Å². The molecular weight excluding hydrogens is 371 g/mol. The number of halogens is 1. The summed E-state index contributed by atoms with van der Waals surface area (Å²) in [6.45, 7) is 2.27. The van der Waals surface area contributed by atoms with Crippen molar-refractivity contribution in [3.8, 4) is 0 Å². The van der Waals surface area contributed by atoms with Crippen molar-refractivity contribution in [3.05, 3.63) is 47.8 Å². The third-order valence-corrected chi connectivity index (χ3v) is 6.95. The lowest BCUT2D eigenvalue weighted by atomic mass is 10.3. The Morgan fingerprint density at radius 2 is 2.00 bits per heavy atom. The van der Waals surface area contributed by atoms with Crippen molar-refractivity contribution < 1.29 is 17.6 Å². The second-order valence-electron chi connectivity index (χ2n) is 6.90. The Hall–Kier alpha value is -2.26. The molecule has 2 aliphatic rings. The molecule has 1 fully saturated rings. The molecule has 9 heteroatoms. The summed E-state index contributed by atoms with van der Waals surface area (Å²) in [6, 6.07) is 5.07. The van der Waals surface area contributed by atoms with E-state index in [-0.39, 0.29) is 17.3 Å². The number of carbonyl (C=O) groups excluding carboxylic acids is 1. The highest BCUT2D eigenvalue weighted by atomic mass is 32.2. The normalized spacial score (nSPS) is 18.6. The van der Waals surface area contributed by atoms with E-state index in [1.54, 1.807) is 11.2 Å². The number of hydrogen-bond donors (Lipinski definition) is 0. The number of amides is 1. The van der Waals surface area contributed by atoms with Gasteiger partial charge in [0.25, 0.3) is 0 Å². The smallest absolute Gasteiger partial charge is 0.243 e. The summed E-state index contributed by atoms with van der Waals surface area (Å²) < 4.78 is 42.8. The standard InChI is InChI=1S/C18H21FN4O3S/c19-14-4-1-5-15(10-14)27(25,26)23-9-3-8-22-13-20-16(17(22)12-23)11-21-7-2-6-18(21)24/h1,4-5,10,13H,2-3,6-9,11-12H2. The molecule has 1 aromatic carbocycles. The summed E-state index contributed by atoms with van der Waals surface area (Å²) in [5.41, 5.74) is 1.53. The first-order chi connectivity index (χ1) is 12.9. The average Bonchev–Trinajstić information content (AvgIpc) is 3.14. The number of likely N-dealkylation sites (tertiary alicyclic amines) is 1. The van der Waals surface area contributed by atoms with Gasteiger partial charge in [-0.2, -0.15) is 4.31 Å². The van der Waals surface area contributed by atoms with E-state index in [4.69, 9.17) is 0 Å². The summed E-state index contributed by atoms with van der Waals surface area (Å²) in [7, 11) is -3.81. The molecule has 0 unspecified atom stereocenters. The van der Waals surface area contributed by atoms with Gasteiger partial charge in [-0.3, -0.25) is 4.79 Å². The zero-order valence-electron chi connectivity index (χ0n) is 14.8. The van der Waals surface area contributed by atoms with Gasteiger partial charge >= 0.3 is 0 Å². The van der Waals surface area contributed by atoms with E-state index in [0.29, 0.717) is 39.0 Å². The van der Waals surface area contributed by atoms with Crippen LogP contribution in [0.15, 0.2) is 35.5 Å². The van der Waals surface area contributed by atoms with Crippen molar-refractivity contribution in [1.29, 1.82) is 0 Å². The summed E-state index contributed by atoms with van der Waals surface area (Å²) in [5.74, 6) is -0.473. The molecule has 0 saturated carbocycles. The van der Waals surface area contributed by atoms with Gasteiger partial charge in [-0.25, -0.2) is 17.8 Å². The van der Waals surface area contributed by atoms with Crippen LogP contribution in [-0.4, -0.2) is 46.2 Å². The molecule has 144 valence electrons. The van der Waals surface area contributed by atoms with E-state index in [1.807, 2.05) is 4.57 Å². The van der Waals surface area contributed by atoms with Crippen LogP contribution in [0.25, 0.3) is 0 Å². The minimum atomic E-state index is -3.81. The van der Waals surface area contributed by atoms with Gasteiger partial charge < -0.3 is 9.47 Å². The molecule has 4 rings (SSSR count). The van der Waals surface area contributed by atoms with E-state index in [0.717, 1.165) is 23.9 Å². The molecule has 2 aliphatic heterocycles. The molecule has 0 bridgehead atoms. The number of nitrogens with zero attached hydrogens (tertiary/aromatic N) is 4. The van der Waals surface area contributed by atoms with Crippen molar-refractivity contribution in [1.82, 2.24) is 18.8 Å². The Morgan fingerprint density at radius 3 is 2.74 bits per heavy atom. The highest BCUT2D eigenvalue weighted by Crippen LogP contribution is 2.25. The maximum Gasteiger partial charge on any atom is 0.243 e. The number of aromatic nitrogens is 2. The van der Waals surface area contributed by atoms with Crippen molar-refractivity contribution >= 4 is 15.9 Å². The Balaban J connectivity index is 1.62. The third kappa shape index (κ3) is 3.49. The number of carbonyl (C=O) groups is 1. The molecule has 0 spiro atoms. The van der Waals surface area contributed by atoms with Gasteiger partial charge in [-0.1, -0.05) is 6.07 Å². The molecular formula is C18H21FN4O3S. The quantitative estimate of drug-likeness (QED) is 0.794. The number of sulfonamides is 1. The van der Waals surface area contributed by atoms with Crippen LogP contribution in [0.2, 0.25) is 0 Å². The first kappa shape index (κ1) is 18.1. The Morgan fingerprint density at radius 1 is 1.15 bits per heavy atom. The third-order valence-electron chi connectivity index (χ3n) is 5.11. The number of rotatable bonds is 4. The van der Waals surface area contributed by atoms with E-state index in [9.17, 15) is 17.6 Å². The zero-order chi connectivity index (χ0) is 19.0. The number of hydrogen-bond acceptors (Lipinski definition) is 4. The Bertz CT molecular complexity index is 973. The number of fused-ring (bicyclic) bond motifs is 1. The lowest BCUT2D eigenvalue weighted by molar-refractivity contribution is -0.128. The van der Waals surface area contributed by atoms with Crippen LogP contribution >= 0.6 is 0 Å². The summed E-state index contributed by atoms with van der Waals surface area (Å²) in [6.07, 6.45) is 3.74. The molecule has 2 aromatic rings. The lowest BCUT2D eigenvalue weighted by Gasteiger charge is -2.21. The minimum Gasteiger partial charge on any atom is -0.337 e. The molecule has 27 heavy (non-hydrogen) atoms. The topological polar surface area (TPSA) is 75.5 Å². The molecule has 1 aromatic heterocycles. The fourth-order valence-corrected chi connectivity index (χ4v) is 5.13. The summed E-state index contributed by atoms with van der Waals surface area (Å²) >= 11 is 0. The number of aryl methyl sites for hydroxylation is 1. The average molecular weight is 392 g/mol. The fraction of sp³-hybridized carbons (Fsp3) is 0.444. The number of benzene rings is 1. The molecule has 1 saturated heterocycles. The minimum absolute atomic E-state index is 0.0493. The van der Waals surface area contributed by atoms with Gasteiger partial charge in [0.05, 0.1) is 35.7 Å². The van der Waals surface area contributed by atoms with E-state index < -0.39 is 15.8 Å². The van der Waals surface area contributed by atoms with Gasteiger partial charge in [0, 0.05) is 26.1 Å². The van der Waals surface area contributed by atoms with Gasteiger partial charge in [-0.15, -0.1) is 0 Å². The maximum atomic E-state index is 13.5. The molecule has 0 N–H and O–H groups in total. The highest BCUT2D eigenvalue weighted by Gasteiger charge is 2.30. The van der Waals surface area contributed by atoms with Gasteiger partial charge in [0.2, 0.25) is 15.9 Å². The molecule has 1 amide bonds. The van der Waals surface area contributed by atoms with Crippen molar-refractivity contribution in [3.63, 3.8) is 0 Å². The summed E-state index contributed by atoms with van der Waals surface area (Å²) in [5, 5.41) is 0. The van der Waals surface area contributed by atoms with Crippen LogP contribution in [0, 0.1) is 5.82 Å².